The van der Waals surface area contributed by atoms with Gasteiger partial charge in [0.25, 0.3) is 0 Å². The van der Waals surface area contributed by atoms with Crippen LogP contribution in [0.3, 0.4) is 0 Å². The summed E-state index contributed by atoms with van der Waals surface area (Å²) in [6, 6.07) is 6.86. The van der Waals surface area contributed by atoms with Gasteiger partial charge in [-0.1, -0.05) is 17.7 Å². The van der Waals surface area contributed by atoms with E-state index in [1.807, 2.05) is 0 Å². The predicted molar refractivity (Wildman–Crippen MR) is 93.8 cm³/mol. The Kier molecular flexibility index (Phi) is 4.64. The van der Waals surface area contributed by atoms with Gasteiger partial charge in [-0.2, -0.15) is 5.10 Å². The lowest BCUT2D eigenvalue weighted by molar-refractivity contribution is 0.0516. The first-order valence-electron chi connectivity index (χ1n) is 7.02. The molecule has 0 N–H and O–H groups in total. The highest BCUT2D eigenvalue weighted by Gasteiger charge is 2.20. The van der Waals surface area contributed by atoms with Crippen molar-refractivity contribution in [3.8, 4) is 5.69 Å². The minimum Gasteiger partial charge on any atom is -0.461 e. The van der Waals surface area contributed by atoms with Crippen LogP contribution in [0.2, 0.25) is 5.02 Å². The van der Waals surface area contributed by atoms with Crippen LogP contribution in [0, 0.1) is 0 Å². The highest BCUT2D eigenvalue weighted by Crippen LogP contribution is 2.23. The lowest BCUT2D eigenvalue weighted by Crippen LogP contribution is -2.24. The zero-order chi connectivity index (χ0) is 17.3. The Hall–Kier alpha value is -2.25. The standard InChI is InChI=1S/C16H11BrClN3O3/c1-2-24-16(23)14-15(22)13-11(17)4-3-5-12(13)21(20-14)10-6-9(18)7-19-8-10/h3-8H,2H2,1H3. The van der Waals surface area contributed by atoms with Crippen molar-refractivity contribution in [1.82, 2.24) is 14.8 Å². The number of carbonyl (C=O) groups excluding carboxylic acids is 1. The molecular weight excluding hydrogens is 398 g/mol. The van der Waals surface area contributed by atoms with Gasteiger partial charge >= 0.3 is 5.97 Å². The zero-order valence-corrected chi connectivity index (χ0v) is 14.8. The zero-order valence-electron chi connectivity index (χ0n) is 12.5. The van der Waals surface area contributed by atoms with E-state index in [0.717, 1.165) is 0 Å². The van der Waals surface area contributed by atoms with Gasteiger partial charge in [0.2, 0.25) is 11.1 Å². The lowest BCUT2D eigenvalue weighted by Gasteiger charge is -2.12. The summed E-state index contributed by atoms with van der Waals surface area (Å²) >= 11 is 9.35. The van der Waals surface area contributed by atoms with E-state index in [1.54, 1.807) is 37.4 Å². The number of carbonyl (C=O) groups is 1. The molecule has 1 aromatic carbocycles. The molecule has 2 aromatic heterocycles. The first-order chi connectivity index (χ1) is 11.5. The van der Waals surface area contributed by atoms with Crippen molar-refractivity contribution >= 4 is 44.4 Å². The molecule has 0 saturated carbocycles. The average Bonchev–Trinajstić information content (AvgIpc) is 2.55. The molecule has 2 heterocycles. The van der Waals surface area contributed by atoms with Crippen LogP contribution in [-0.4, -0.2) is 27.3 Å². The van der Waals surface area contributed by atoms with Crippen LogP contribution >= 0.6 is 27.5 Å². The Labute approximate surface area is 150 Å². The molecule has 0 amide bonds. The van der Waals surface area contributed by atoms with Crippen molar-refractivity contribution in [2.45, 2.75) is 6.92 Å². The summed E-state index contributed by atoms with van der Waals surface area (Å²) in [7, 11) is 0. The molecule has 6 nitrogen and oxygen atoms in total. The Morgan fingerprint density at radius 1 is 1.38 bits per heavy atom. The van der Waals surface area contributed by atoms with Crippen molar-refractivity contribution in [1.29, 1.82) is 0 Å². The molecule has 0 aliphatic carbocycles. The largest absolute Gasteiger partial charge is 0.461 e. The maximum absolute atomic E-state index is 12.7. The summed E-state index contributed by atoms with van der Waals surface area (Å²) in [6.07, 6.45) is 3.02. The quantitative estimate of drug-likeness (QED) is 0.621. The Morgan fingerprint density at radius 2 is 2.17 bits per heavy atom. The number of benzene rings is 1. The minimum absolute atomic E-state index is 0.146. The molecule has 0 atom stereocenters. The fourth-order valence-electron chi connectivity index (χ4n) is 2.28. The van der Waals surface area contributed by atoms with Crippen molar-refractivity contribution in [2.75, 3.05) is 6.61 Å². The van der Waals surface area contributed by atoms with E-state index >= 15 is 0 Å². The van der Waals surface area contributed by atoms with Crippen LogP contribution < -0.4 is 5.43 Å². The molecule has 0 unspecified atom stereocenters. The summed E-state index contributed by atoms with van der Waals surface area (Å²) in [4.78, 5) is 28.8. The maximum atomic E-state index is 12.7. The second-order valence-corrected chi connectivity index (χ2v) is 6.10. The summed E-state index contributed by atoms with van der Waals surface area (Å²) in [5, 5.41) is 4.92. The molecule has 0 bridgehead atoms. The topological polar surface area (TPSA) is 74.1 Å². The first kappa shape index (κ1) is 16.6. The normalized spacial score (nSPS) is 10.8. The van der Waals surface area contributed by atoms with Crippen molar-refractivity contribution in [2.24, 2.45) is 0 Å². The monoisotopic (exact) mass is 407 g/mol. The van der Waals surface area contributed by atoms with Crippen LogP contribution in [0.1, 0.15) is 17.4 Å². The molecule has 122 valence electrons. The molecule has 0 spiro atoms. The number of aromatic nitrogens is 3. The molecule has 24 heavy (non-hydrogen) atoms. The van der Waals surface area contributed by atoms with Crippen molar-refractivity contribution in [3.05, 3.63) is 62.1 Å². The molecule has 0 aliphatic heterocycles. The Morgan fingerprint density at radius 3 is 2.88 bits per heavy atom. The molecule has 0 aliphatic rings. The fraction of sp³-hybridized carbons (Fsp3) is 0.125. The van der Waals surface area contributed by atoms with Crippen LogP contribution in [-0.2, 0) is 4.74 Å². The van der Waals surface area contributed by atoms with Gasteiger partial charge in [0, 0.05) is 10.7 Å². The lowest BCUT2D eigenvalue weighted by atomic mass is 10.2. The van der Waals surface area contributed by atoms with Crippen LogP contribution in [0.4, 0.5) is 0 Å². The third-order valence-electron chi connectivity index (χ3n) is 3.27. The summed E-state index contributed by atoms with van der Waals surface area (Å²) in [5.74, 6) is -0.774. The molecule has 0 radical (unpaired) electrons. The van der Waals surface area contributed by atoms with E-state index in [1.165, 1.54) is 10.9 Å². The predicted octanol–water partition coefficient (Wildman–Crippen LogP) is 3.37. The Bertz CT molecular complexity index is 1000. The fourth-order valence-corrected chi connectivity index (χ4v) is 2.98. The third-order valence-corrected chi connectivity index (χ3v) is 4.13. The molecular formula is C16H11BrClN3O3. The van der Waals surface area contributed by atoms with Crippen molar-refractivity contribution in [3.63, 3.8) is 0 Å². The number of ether oxygens (including phenoxy) is 1. The molecule has 0 fully saturated rings. The maximum Gasteiger partial charge on any atom is 0.362 e. The van der Waals surface area contributed by atoms with E-state index < -0.39 is 11.4 Å². The van der Waals surface area contributed by atoms with Crippen LogP contribution in [0.15, 0.2) is 45.9 Å². The highest BCUT2D eigenvalue weighted by atomic mass is 79.9. The van der Waals surface area contributed by atoms with Gasteiger partial charge in [0.05, 0.1) is 34.4 Å². The van der Waals surface area contributed by atoms with E-state index in [4.69, 9.17) is 16.3 Å². The van der Waals surface area contributed by atoms with E-state index in [-0.39, 0.29) is 12.3 Å². The SMILES string of the molecule is CCOC(=O)c1nn(-c2cncc(Cl)c2)c2cccc(Br)c2c1=O. The Balaban J connectivity index is 2.40. The summed E-state index contributed by atoms with van der Waals surface area (Å²) in [6.45, 7) is 1.81. The third kappa shape index (κ3) is 2.92. The van der Waals surface area contributed by atoms with E-state index in [9.17, 15) is 9.59 Å². The van der Waals surface area contributed by atoms with E-state index in [0.29, 0.717) is 26.1 Å². The minimum atomic E-state index is -0.774. The van der Waals surface area contributed by atoms with E-state index in [2.05, 4.69) is 26.0 Å². The van der Waals surface area contributed by atoms with Gasteiger partial charge in [-0.05, 0) is 41.1 Å². The number of hydrogen-bond donors (Lipinski definition) is 0. The van der Waals surface area contributed by atoms with Crippen LogP contribution in [0.25, 0.3) is 16.6 Å². The molecule has 0 saturated heterocycles. The highest BCUT2D eigenvalue weighted by molar-refractivity contribution is 9.10. The number of rotatable bonds is 3. The number of hydrogen-bond acceptors (Lipinski definition) is 5. The number of pyridine rings is 1. The van der Waals surface area contributed by atoms with Gasteiger partial charge < -0.3 is 4.74 Å². The van der Waals surface area contributed by atoms with Gasteiger partial charge in [0.15, 0.2) is 0 Å². The number of fused-ring (bicyclic) bond motifs is 1. The molecule has 3 aromatic rings. The average molecular weight is 409 g/mol. The van der Waals surface area contributed by atoms with Gasteiger partial charge in [-0.25, -0.2) is 9.48 Å². The second-order valence-electron chi connectivity index (χ2n) is 4.81. The van der Waals surface area contributed by atoms with Gasteiger partial charge in [-0.3, -0.25) is 9.78 Å². The van der Waals surface area contributed by atoms with Crippen molar-refractivity contribution < 1.29 is 9.53 Å². The number of esters is 1. The molecule has 3 rings (SSSR count). The number of nitrogens with zero attached hydrogens (tertiary/aromatic N) is 3. The molecule has 8 heteroatoms. The summed E-state index contributed by atoms with van der Waals surface area (Å²) in [5.41, 5.74) is 0.251. The van der Waals surface area contributed by atoms with Crippen LogP contribution in [0.5, 0.6) is 0 Å². The van der Waals surface area contributed by atoms with Gasteiger partial charge in [0.1, 0.15) is 0 Å². The smallest absolute Gasteiger partial charge is 0.362 e. The number of halogens is 2. The summed E-state index contributed by atoms with van der Waals surface area (Å²) < 4.78 is 6.95. The first-order valence-corrected chi connectivity index (χ1v) is 8.19. The van der Waals surface area contributed by atoms with Gasteiger partial charge in [-0.15, -0.1) is 0 Å². The second kappa shape index (κ2) is 6.70.